The fourth-order valence-electron chi connectivity index (χ4n) is 2.60. The second kappa shape index (κ2) is 8.70. The number of hydrogen-bond acceptors (Lipinski definition) is 3. The second-order valence-electron chi connectivity index (χ2n) is 5.84. The van der Waals surface area contributed by atoms with Crippen LogP contribution in [0.4, 0.5) is 4.39 Å². The minimum Gasteiger partial charge on any atom is -0.356 e. The molecule has 124 valence electrons. The van der Waals surface area contributed by atoms with Crippen LogP contribution in [0.2, 0.25) is 0 Å². The van der Waals surface area contributed by atoms with Crippen LogP contribution < -0.4 is 10.6 Å². The van der Waals surface area contributed by atoms with Crippen LogP contribution in [0.15, 0.2) is 4.99 Å². The predicted molar refractivity (Wildman–Crippen MR) is 85.5 cm³/mol. The lowest BCUT2D eigenvalue weighted by atomic mass is 9.96. The number of hydrogen-bond donors (Lipinski definition) is 2. The summed E-state index contributed by atoms with van der Waals surface area (Å²) in [6.45, 7) is 2.66. The third-order valence-electron chi connectivity index (χ3n) is 4.11. The molecule has 0 aliphatic heterocycles. The van der Waals surface area contributed by atoms with Crippen molar-refractivity contribution in [2.24, 2.45) is 12.0 Å². The summed E-state index contributed by atoms with van der Waals surface area (Å²) < 4.78 is 14.2. The number of aryl methyl sites for hydroxylation is 1. The van der Waals surface area contributed by atoms with Crippen LogP contribution >= 0.6 is 0 Å². The molecule has 0 aromatic carbocycles. The molecule has 0 amide bonds. The first-order chi connectivity index (χ1) is 10.7. The van der Waals surface area contributed by atoms with Gasteiger partial charge in [0, 0.05) is 19.6 Å². The van der Waals surface area contributed by atoms with Crippen molar-refractivity contribution in [3.05, 3.63) is 11.6 Å². The number of rotatable bonds is 6. The Morgan fingerprint density at radius 1 is 1.32 bits per heavy atom. The van der Waals surface area contributed by atoms with Gasteiger partial charge in [0.25, 0.3) is 0 Å². The van der Waals surface area contributed by atoms with Gasteiger partial charge in [-0.05, 0) is 26.2 Å². The SMILES string of the molecule is Cc1nnc(CN=C(NCCCF)NC2CCCCC2)n1C. The zero-order chi connectivity index (χ0) is 15.8. The average Bonchev–Trinajstić information content (AvgIpc) is 2.85. The van der Waals surface area contributed by atoms with Crippen LogP contribution in [-0.4, -0.2) is 40.0 Å². The van der Waals surface area contributed by atoms with E-state index in [4.69, 9.17) is 0 Å². The van der Waals surface area contributed by atoms with Crippen LogP contribution in [0.25, 0.3) is 0 Å². The van der Waals surface area contributed by atoms with Gasteiger partial charge in [0.2, 0.25) is 0 Å². The molecule has 1 heterocycles. The van der Waals surface area contributed by atoms with Gasteiger partial charge >= 0.3 is 0 Å². The van der Waals surface area contributed by atoms with Crippen LogP contribution in [0.1, 0.15) is 50.2 Å². The van der Waals surface area contributed by atoms with Crippen LogP contribution in [0.5, 0.6) is 0 Å². The summed E-state index contributed by atoms with van der Waals surface area (Å²) in [7, 11) is 1.94. The Balaban J connectivity index is 1.95. The van der Waals surface area contributed by atoms with Gasteiger partial charge in [0.1, 0.15) is 12.4 Å². The maximum atomic E-state index is 12.3. The predicted octanol–water partition coefficient (Wildman–Crippen LogP) is 1.85. The summed E-state index contributed by atoms with van der Waals surface area (Å²) in [5, 5.41) is 14.8. The Morgan fingerprint density at radius 2 is 2.09 bits per heavy atom. The molecule has 1 fully saturated rings. The van der Waals surface area contributed by atoms with E-state index in [1.165, 1.54) is 32.1 Å². The van der Waals surface area contributed by atoms with Gasteiger partial charge in [-0.3, -0.25) is 4.39 Å². The Labute approximate surface area is 131 Å². The molecule has 6 nitrogen and oxygen atoms in total. The average molecular weight is 310 g/mol. The largest absolute Gasteiger partial charge is 0.356 e. The summed E-state index contributed by atoms with van der Waals surface area (Å²) in [4.78, 5) is 4.58. The monoisotopic (exact) mass is 310 g/mol. The first kappa shape index (κ1) is 16.7. The third-order valence-corrected chi connectivity index (χ3v) is 4.11. The second-order valence-corrected chi connectivity index (χ2v) is 5.84. The van der Waals surface area contributed by atoms with Gasteiger partial charge in [0.15, 0.2) is 11.8 Å². The molecular weight excluding hydrogens is 283 g/mol. The number of nitrogens with one attached hydrogen (secondary N) is 2. The minimum absolute atomic E-state index is 0.313. The molecular formula is C15H27FN6. The van der Waals surface area contributed by atoms with Gasteiger partial charge in [-0.25, -0.2) is 4.99 Å². The molecule has 22 heavy (non-hydrogen) atoms. The van der Waals surface area contributed by atoms with Crippen molar-refractivity contribution in [1.82, 2.24) is 25.4 Å². The number of aliphatic imine (C=N–C) groups is 1. The Morgan fingerprint density at radius 3 is 2.73 bits per heavy atom. The smallest absolute Gasteiger partial charge is 0.191 e. The topological polar surface area (TPSA) is 67.1 Å². The van der Waals surface area contributed by atoms with Crippen molar-refractivity contribution < 1.29 is 4.39 Å². The molecule has 0 spiro atoms. The fraction of sp³-hybridized carbons (Fsp3) is 0.800. The van der Waals surface area contributed by atoms with Crippen molar-refractivity contribution in [3.63, 3.8) is 0 Å². The number of halogens is 1. The van der Waals surface area contributed by atoms with E-state index >= 15 is 0 Å². The Bertz CT molecular complexity index is 478. The summed E-state index contributed by atoms with van der Waals surface area (Å²) in [6.07, 6.45) is 6.68. The fourth-order valence-corrected chi connectivity index (χ4v) is 2.60. The minimum atomic E-state index is -0.313. The van der Waals surface area contributed by atoms with Gasteiger partial charge in [-0.1, -0.05) is 19.3 Å². The molecule has 2 rings (SSSR count). The zero-order valence-electron chi connectivity index (χ0n) is 13.6. The number of alkyl halides is 1. The van der Waals surface area contributed by atoms with E-state index < -0.39 is 0 Å². The normalized spacial score (nSPS) is 16.8. The first-order valence-electron chi connectivity index (χ1n) is 8.16. The lowest BCUT2D eigenvalue weighted by molar-refractivity contribution is 0.408. The molecule has 1 aliphatic carbocycles. The lowest BCUT2D eigenvalue weighted by Crippen LogP contribution is -2.44. The molecule has 0 radical (unpaired) electrons. The van der Waals surface area contributed by atoms with Gasteiger partial charge in [0.05, 0.1) is 6.67 Å². The van der Waals surface area contributed by atoms with E-state index in [-0.39, 0.29) is 6.67 Å². The number of aromatic nitrogens is 3. The van der Waals surface area contributed by atoms with Gasteiger partial charge < -0.3 is 15.2 Å². The van der Waals surface area contributed by atoms with Crippen molar-refractivity contribution in [2.75, 3.05) is 13.2 Å². The molecule has 0 unspecified atom stereocenters. The van der Waals surface area contributed by atoms with E-state index in [2.05, 4.69) is 25.8 Å². The molecule has 1 aliphatic rings. The third kappa shape index (κ3) is 4.96. The molecule has 1 aromatic rings. The molecule has 1 saturated carbocycles. The molecule has 0 bridgehead atoms. The molecule has 7 heteroatoms. The van der Waals surface area contributed by atoms with E-state index in [9.17, 15) is 4.39 Å². The zero-order valence-corrected chi connectivity index (χ0v) is 13.6. The number of nitrogens with zero attached hydrogens (tertiary/aromatic N) is 4. The van der Waals surface area contributed by atoms with Crippen LogP contribution in [0.3, 0.4) is 0 Å². The summed E-state index contributed by atoms with van der Waals surface area (Å²) >= 11 is 0. The quantitative estimate of drug-likeness (QED) is 0.478. The highest BCUT2D eigenvalue weighted by Crippen LogP contribution is 2.17. The number of guanidine groups is 1. The summed E-state index contributed by atoms with van der Waals surface area (Å²) in [6, 6.07) is 0.464. The maximum Gasteiger partial charge on any atom is 0.191 e. The van der Waals surface area contributed by atoms with Crippen LogP contribution in [0, 0.1) is 6.92 Å². The summed E-state index contributed by atoms with van der Waals surface area (Å²) in [5.74, 6) is 2.45. The van der Waals surface area contributed by atoms with Gasteiger partial charge in [-0.15, -0.1) is 10.2 Å². The van der Waals surface area contributed by atoms with Crippen molar-refractivity contribution in [3.8, 4) is 0 Å². The van der Waals surface area contributed by atoms with Crippen molar-refractivity contribution in [1.29, 1.82) is 0 Å². The maximum absolute atomic E-state index is 12.3. The molecule has 0 atom stereocenters. The lowest BCUT2D eigenvalue weighted by Gasteiger charge is -2.25. The highest BCUT2D eigenvalue weighted by molar-refractivity contribution is 5.80. The standard InChI is InChI=1S/C15H27FN6/c1-12-20-21-14(22(12)2)11-18-15(17-10-6-9-16)19-13-7-4-3-5-8-13/h13H,3-11H2,1-2H3,(H2,17,18,19). The van der Waals surface area contributed by atoms with E-state index in [0.29, 0.717) is 25.6 Å². The molecule has 2 N–H and O–H groups in total. The molecule has 0 saturated heterocycles. The van der Waals surface area contributed by atoms with Crippen molar-refractivity contribution in [2.45, 2.75) is 58.0 Å². The summed E-state index contributed by atoms with van der Waals surface area (Å²) in [5.41, 5.74) is 0. The van der Waals surface area contributed by atoms with E-state index in [1.54, 1.807) is 0 Å². The van der Waals surface area contributed by atoms with E-state index in [0.717, 1.165) is 17.6 Å². The van der Waals surface area contributed by atoms with E-state index in [1.807, 2.05) is 18.5 Å². The van der Waals surface area contributed by atoms with Gasteiger partial charge in [-0.2, -0.15) is 0 Å². The van der Waals surface area contributed by atoms with Crippen LogP contribution in [-0.2, 0) is 13.6 Å². The molecule has 1 aromatic heterocycles. The first-order valence-corrected chi connectivity index (χ1v) is 8.16. The Hall–Kier alpha value is -1.66. The van der Waals surface area contributed by atoms with Crippen molar-refractivity contribution >= 4 is 5.96 Å². The Kier molecular flexibility index (Phi) is 6.61. The highest BCUT2D eigenvalue weighted by Gasteiger charge is 2.14. The highest BCUT2D eigenvalue weighted by atomic mass is 19.1.